The topological polar surface area (TPSA) is 125 Å². The van der Waals surface area contributed by atoms with Gasteiger partial charge in [-0.1, -0.05) is 54.4 Å². The van der Waals surface area contributed by atoms with Crippen LogP contribution in [0.25, 0.3) is 20.4 Å². The van der Waals surface area contributed by atoms with Gasteiger partial charge in [-0.25, -0.2) is 9.97 Å². The summed E-state index contributed by atoms with van der Waals surface area (Å²) in [5.41, 5.74) is 19.3. The summed E-state index contributed by atoms with van der Waals surface area (Å²) in [7, 11) is 0. The van der Waals surface area contributed by atoms with Gasteiger partial charge in [0.15, 0.2) is 0 Å². The van der Waals surface area contributed by atoms with Crippen molar-refractivity contribution in [2.75, 3.05) is 11.5 Å². The minimum absolute atomic E-state index is 0.356. The molecule has 0 fully saturated rings. The molecule has 4 heterocycles. The summed E-state index contributed by atoms with van der Waals surface area (Å²) in [5, 5.41) is 20.2. The standard InChI is InChI=1S/2C18H23N3S/c1-4-18(2,3)12-6-5-11-9-13-16(20)15(10-19)22-17(13)21-14(11)8-7-12;1-4-18(2,3)12-6-5-7-14-11(8-12)9-13-16(20)15(10-19)22-17(13)21-14/h2*9,12H,4-8,20H2,1-3H3. The Bertz CT molecular complexity index is 1760. The zero-order valence-corrected chi connectivity index (χ0v) is 28.8. The normalized spacial score (nSPS) is 18.7. The van der Waals surface area contributed by atoms with Gasteiger partial charge in [0.25, 0.3) is 0 Å². The Labute approximate surface area is 270 Å². The van der Waals surface area contributed by atoms with Crippen molar-refractivity contribution in [2.24, 2.45) is 22.7 Å². The number of pyridine rings is 2. The molecule has 44 heavy (non-hydrogen) atoms. The lowest BCUT2D eigenvalue weighted by molar-refractivity contribution is 0.183. The summed E-state index contributed by atoms with van der Waals surface area (Å²) in [4.78, 5) is 12.7. The first-order chi connectivity index (χ1) is 20.9. The Morgan fingerprint density at radius 2 is 1.25 bits per heavy atom. The Kier molecular flexibility index (Phi) is 9.26. The van der Waals surface area contributed by atoms with Crippen LogP contribution in [0.4, 0.5) is 11.4 Å². The van der Waals surface area contributed by atoms with Crippen LogP contribution in [0.1, 0.15) is 112 Å². The van der Waals surface area contributed by atoms with E-state index in [2.05, 4.69) is 65.8 Å². The first-order valence-corrected chi connectivity index (χ1v) is 17.8. The second-order valence-corrected chi connectivity index (χ2v) is 16.1. The molecule has 8 heteroatoms. The first kappa shape index (κ1) is 32.2. The zero-order valence-electron chi connectivity index (χ0n) is 27.1. The van der Waals surface area contributed by atoms with Crippen molar-refractivity contribution in [3.8, 4) is 12.1 Å². The lowest BCUT2D eigenvalue weighted by Crippen LogP contribution is -2.24. The van der Waals surface area contributed by atoms with Gasteiger partial charge in [0, 0.05) is 22.2 Å². The van der Waals surface area contributed by atoms with E-state index in [-0.39, 0.29) is 0 Å². The number of nitrogens with zero attached hydrogens (tertiary/aromatic N) is 4. The van der Waals surface area contributed by atoms with E-state index in [4.69, 9.17) is 32.0 Å². The van der Waals surface area contributed by atoms with E-state index in [1.54, 1.807) is 0 Å². The van der Waals surface area contributed by atoms with Gasteiger partial charge in [-0.15, -0.1) is 22.7 Å². The lowest BCUT2D eigenvalue weighted by Gasteiger charge is -2.33. The maximum atomic E-state index is 9.16. The number of hydrogen-bond donors (Lipinski definition) is 2. The number of nitriles is 2. The van der Waals surface area contributed by atoms with E-state index >= 15 is 0 Å². The van der Waals surface area contributed by atoms with Crippen molar-refractivity contribution in [1.29, 1.82) is 10.5 Å². The summed E-state index contributed by atoms with van der Waals surface area (Å²) >= 11 is 2.83. The Hall–Kier alpha value is -3.20. The monoisotopic (exact) mass is 626 g/mol. The number of aromatic nitrogens is 2. The number of aryl methyl sites for hydroxylation is 3. The van der Waals surface area contributed by atoms with Gasteiger partial charge < -0.3 is 11.5 Å². The van der Waals surface area contributed by atoms with E-state index in [1.165, 1.54) is 83.7 Å². The van der Waals surface area contributed by atoms with Crippen molar-refractivity contribution in [3.05, 3.63) is 44.4 Å². The van der Waals surface area contributed by atoms with E-state index < -0.39 is 0 Å². The minimum Gasteiger partial charge on any atom is -0.396 e. The van der Waals surface area contributed by atoms with Crippen molar-refractivity contribution in [2.45, 2.75) is 106 Å². The van der Waals surface area contributed by atoms with Gasteiger partial charge in [0.1, 0.15) is 31.6 Å². The summed E-state index contributed by atoms with van der Waals surface area (Å²) < 4.78 is 0. The summed E-state index contributed by atoms with van der Waals surface area (Å²) in [6.45, 7) is 14.1. The third-order valence-corrected chi connectivity index (χ3v) is 13.0. The molecule has 6 nitrogen and oxygen atoms in total. The van der Waals surface area contributed by atoms with Crippen LogP contribution in [0.2, 0.25) is 0 Å². The molecule has 2 aliphatic carbocycles. The molecule has 0 spiro atoms. The molecule has 0 saturated heterocycles. The van der Waals surface area contributed by atoms with Gasteiger partial charge in [0.05, 0.1) is 11.4 Å². The highest BCUT2D eigenvalue weighted by Crippen LogP contribution is 2.42. The Morgan fingerprint density at radius 3 is 1.80 bits per heavy atom. The SMILES string of the molecule is CCC(C)(C)C1CCCc2nc3sc(C#N)c(N)c3cc2C1.CCC(C)(C)C1CCc2cc3c(N)c(C#N)sc3nc2CC1. The predicted molar refractivity (Wildman–Crippen MR) is 186 cm³/mol. The number of thiophene rings is 2. The van der Waals surface area contributed by atoms with Gasteiger partial charge in [-0.2, -0.15) is 10.5 Å². The van der Waals surface area contributed by atoms with Gasteiger partial charge in [0.2, 0.25) is 0 Å². The molecule has 2 aliphatic rings. The van der Waals surface area contributed by atoms with Crippen LogP contribution in [-0.2, 0) is 25.7 Å². The van der Waals surface area contributed by atoms with Crippen molar-refractivity contribution in [1.82, 2.24) is 9.97 Å². The molecule has 2 atom stereocenters. The van der Waals surface area contributed by atoms with Crippen LogP contribution in [0, 0.1) is 45.3 Å². The summed E-state index contributed by atoms with van der Waals surface area (Å²) in [5.74, 6) is 1.44. The quantitative estimate of drug-likeness (QED) is 0.217. The van der Waals surface area contributed by atoms with Crippen LogP contribution in [0.5, 0.6) is 0 Å². The second kappa shape index (κ2) is 12.7. The molecule has 2 unspecified atom stereocenters. The average molecular weight is 627 g/mol. The molecule has 0 aliphatic heterocycles. The fraction of sp³-hybridized carbons (Fsp3) is 0.556. The molecule has 4 aromatic rings. The highest BCUT2D eigenvalue weighted by molar-refractivity contribution is 7.20. The van der Waals surface area contributed by atoms with Crippen LogP contribution in [0.15, 0.2) is 12.1 Å². The number of fused-ring (bicyclic) bond motifs is 4. The maximum absolute atomic E-state index is 9.16. The fourth-order valence-corrected chi connectivity index (χ4v) is 8.71. The Morgan fingerprint density at radius 1 is 0.750 bits per heavy atom. The van der Waals surface area contributed by atoms with E-state index in [0.717, 1.165) is 52.0 Å². The minimum atomic E-state index is 0.356. The largest absolute Gasteiger partial charge is 0.396 e. The number of hydrogen-bond acceptors (Lipinski definition) is 8. The van der Waals surface area contributed by atoms with Crippen molar-refractivity contribution in [3.63, 3.8) is 0 Å². The van der Waals surface area contributed by atoms with Crippen molar-refractivity contribution < 1.29 is 0 Å². The molecule has 0 aromatic carbocycles. The molecular weight excluding hydrogens is 581 g/mol. The van der Waals surface area contributed by atoms with Crippen LogP contribution in [-0.4, -0.2) is 9.97 Å². The van der Waals surface area contributed by atoms with E-state index in [9.17, 15) is 0 Å². The third-order valence-electron chi connectivity index (χ3n) is 10.9. The maximum Gasteiger partial charge on any atom is 0.130 e. The van der Waals surface area contributed by atoms with Crippen LogP contribution in [0.3, 0.4) is 0 Å². The summed E-state index contributed by atoms with van der Waals surface area (Å²) in [6.07, 6.45) is 11.5. The first-order valence-electron chi connectivity index (χ1n) is 16.1. The van der Waals surface area contributed by atoms with Crippen molar-refractivity contribution >= 4 is 54.5 Å². The molecular formula is C36H46N6S2. The molecule has 4 aromatic heterocycles. The van der Waals surface area contributed by atoms with E-state index in [1.807, 2.05) is 0 Å². The van der Waals surface area contributed by atoms with Gasteiger partial charge in [-0.05, 0) is 97.3 Å². The van der Waals surface area contributed by atoms with Gasteiger partial charge in [-0.3, -0.25) is 0 Å². The molecule has 0 bridgehead atoms. The molecule has 0 radical (unpaired) electrons. The highest BCUT2D eigenvalue weighted by atomic mass is 32.1. The number of nitrogen functional groups attached to an aromatic ring is 2. The van der Waals surface area contributed by atoms with Gasteiger partial charge >= 0.3 is 0 Å². The molecule has 232 valence electrons. The molecule has 6 rings (SSSR count). The molecule has 4 N–H and O–H groups in total. The smallest absolute Gasteiger partial charge is 0.130 e. The second-order valence-electron chi connectivity index (χ2n) is 14.1. The highest BCUT2D eigenvalue weighted by Gasteiger charge is 2.31. The van der Waals surface area contributed by atoms with E-state index in [0.29, 0.717) is 37.9 Å². The number of nitrogens with two attached hydrogens (primary N) is 2. The number of rotatable bonds is 4. The third kappa shape index (κ3) is 6.17. The van der Waals surface area contributed by atoms with Crippen LogP contribution < -0.4 is 11.5 Å². The molecule has 0 saturated carbocycles. The predicted octanol–water partition coefficient (Wildman–Crippen LogP) is 9.36. The van der Waals surface area contributed by atoms with Crippen LogP contribution >= 0.6 is 22.7 Å². The molecule has 0 amide bonds. The zero-order chi connectivity index (χ0) is 31.8. The Balaban J connectivity index is 0.000000175. The average Bonchev–Trinajstić information content (AvgIpc) is 3.27. The lowest BCUT2D eigenvalue weighted by atomic mass is 9.72. The number of anilines is 2. The fourth-order valence-electron chi connectivity index (χ4n) is 6.92. The summed E-state index contributed by atoms with van der Waals surface area (Å²) in [6, 6.07) is 8.75.